The molecule has 10 heteroatoms. The number of halogens is 1. The Hall–Kier alpha value is -2.91. The Balaban J connectivity index is 1.39. The van der Waals surface area contributed by atoms with Crippen molar-refractivity contribution in [1.82, 2.24) is 29.9 Å². The van der Waals surface area contributed by atoms with Gasteiger partial charge in [0.1, 0.15) is 16.1 Å². The standard InChI is InChI=1S/C22H22ClN7OS/c1-14-28-19-20(29-7-3-2-4-8-29)16(13-25-22(19)32-14)11-17(31)9-15-10-18(23)21(24-12-15)30-26-5-6-27-30/h5-6,10,12-13H,2-4,7-9,11H2,1H3. The van der Waals surface area contributed by atoms with Crippen molar-refractivity contribution in [1.29, 1.82) is 0 Å². The average molecular weight is 468 g/mol. The Morgan fingerprint density at radius 1 is 1.09 bits per heavy atom. The summed E-state index contributed by atoms with van der Waals surface area (Å²) in [5, 5.41) is 9.49. The number of hydrogen-bond acceptors (Lipinski definition) is 8. The third kappa shape index (κ3) is 4.22. The van der Waals surface area contributed by atoms with Gasteiger partial charge in [0.05, 0.1) is 28.1 Å². The SMILES string of the molecule is Cc1nc2c(N3CCCCC3)c(CC(=O)Cc3cnc(-n4nccn4)c(Cl)c3)cnc2s1. The molecular weight excluding hydrogens is 446 g/mol. The molecule has 1 aliphatic heterocycles. The van der Waals surface area contributed by atoms with E-state index < -0.39 is 0 Å². The number of anilines is 1. The molecule has 0 amide bonds. The molecule has 0 aromatic carbocycles. The Bertz CT molecular complexity index is 1270. The van der Waals surface area contributed by atoms with E-state index in [2.05, 4.69) is 25.1 Å². The average Bonchev–Trinajstić information content (AvgIpc) is 3.43. The first-order valence-electron chi connectivity index (χ1n) is 10.6. The van der Waals surface area contributed by atoms with Crippen molar-refractivity contribution in [3.05, 3.63) is 52.0 Å². The molecular formula is C22H22ClN7OS. The number of ketones is 1. The van der Waals surface area contributed by atoms with Gasteiger partial charge >= 0.3 is 0 Å². The highest BCUT2D eigenvalue weighted by molar-refractivity contribution is 7.18. The minimum Gasteiger partial charge on any atom is -0.369 e. The quantitative estimate of drug-likeness (QED) is 0.423. The van der Waals surface area contributed by atoms with Crippen LogP contribution in [0.1, 0.15) is 35.4 Å². The van der Waals surface area contributed by atoms with E-state index in [1.165, 1.54) is 11.2 Å². The molecule has 1 fully saturated rings. The van der Waals surface area contributed by atoms with Gasteiger partial charge in [-0.1, -0.05) is 22.9 Å². The molecule has 4 aromatic rings. The molecule has 32 heavy (non-hydrogen) atoms. The molecule has 8 nitrogen and oxygen atoms in total. The van der Waals surface area contributed by atoms with E-state index in [0.29, 0.717) is 17.3 Å². The van der Waals surface area contributed by atoms with Crippen molar-refractivity contribution in [3.63, 3.8) is 0 Å². The molecule has 0 aliphatic carbocycles. The number of carbonyl (C=O) groups is 1. The van der Waals surface area contributed by atoms with Crippen LogP contribution >= 0.6 is 22.9 Å². The second kappa shape index (κ2) is 8.91. The summed E-state index contributed by atoms with van der Waals surface area (Å²) in [6, 6.07) is 1.75. The lowest BCUT2D eigenvalue weighted by atomic mass is 10.0. The fourth-order valence-corrected chi connectivity index (χ4v) is 5.18. The van der Waals surface area contributed by atoms with Crippen LogP contribution in [0.4, 0.5) is 5.69 Å². The lowest BCUT2D eigenvalue weighted by molar-refractivity contribution is -0.117. The monoisotopic (exact) mass is 467 g/mol. The number of aromatic nitrogens is 6. The number of nitrogens with zero attached hydrogens (tertiary/aromatic N) is 7. The molecule has 0 radical (unpaired) electrons. The van der Waals surface area contributed by atoms with Gasteiger partial charge in [0.15, 0.2) is 5.82 Å². The van der Waals surface area contributed by atoms with Crippen LogP contribution in [0.5, 0.6) is 0 Å². The van der Waals surface area contributed by atoms with Crippen LogP contribution in [0.15, 0.2) is 30.9 Å². The van der Waals surface area contributed by atoms with Crippen LogP contribution in [-0.2, 0) is 17.6 Å². The summed E-state index contributed by atoms with van der Waals surface area (Å²) < 4.78 is 0. The number of pyridine rings is 2. The van der Waals surface area contributed by atoms with E-state index in [1.54, 1.807) is 36.0 Å². The summed E-state index contributed by atoms with van der Waals surface area (Å²) in [4.78, 5) is 31.4. The molecule has 5 heterocycles. The van der Waals surface area contributed by atoms with Gasteiger partial charge in [-0.05, 0) is 37.8 Å². The molecule has 1 aliphatic rings. The summed E-state index contributed by atoms with van der Waals surface area (Å²) in [7, 11) is 0. The molecule has 0 spiro atoms. The van der Waals surface area contributed by atoms with Crippen molar-refractivity contribution >= 4 is 44.8 Å². The Morgan fingerprint density at radius 2 is 1.88 bits per heavy atom. The van der Waals surface area contributed by atoms with E-state index >= 15 is 0 Å². The summed E-state index contributed by atoms with van der Waals surface area (Å²) in [5.74, 6) is 0.521. The van der Waals surface area contributed by atoms with E-state index in [9.17, 15) is 4.79 Å². The number of aryl methyl sites for hydroxylation is 1. The van der Waals surface area contributed by atoms with Crippen LogP contribution < -0.4 is 4.90 Å². The molecule has 0 saturated carbocycles. The molecule has 0 N–H and O–H groups in total. The zero-order valence-electron chi connectivity index (χ0n) is 17.7. The first kappa shape index (κ1) is 21.0. The van der Waals surface area contributed by atoms with Crippen molar-refractivity contribution in [2.75, 3.05) is 18.0 Å². The normalized spacial score (nSPS) is 14.2. The second-order valence-corrected chi connectivity index (χ2v) is 9.51. The predicted molar refractivity (Wildman–Crippen MR) is 125 cm³/mol. The van der Waals surface area contributed by atoms with Gasteiger partial charge in [-0.3, -0.25) is 4.79 Å². The molecule has 0 bridgehead atoms. The first-order valence-corrected chi connectivity index (χ1v) is 11.8. The maximum absolute atomic E-state index is 13.0. The first-order chi connectivity index (χ1) is 15.6. The highest BCUT2D eigenvalue weighted by Gasteiger charge is 2.22. The number of rotatable bonds is 6. The lowest BCUT2D eigenvalue weighted by Crippen LogP contribution is -2.31. The number of hydrogen-bond donors (Lipinski definition) is 0. The van der Waals surface area contributed by atoms with Crippen molar-refractivity contribution < 1.29 is 4.79 Å². The second-order valence-electron chi connectivity index (χ2n) is 7.93. The van der Waals surface area contributed by atoms with Crippen LogP contribution in [0.2, 0.25) is 5.02 Å². The minimum absolute atomic E-state index is 0.0826. The molecule has 0 atom stereocenters. The third-order valence-corrected chi connectivity index (χ3v) is 6.69. The van der Waals surface area contributed by atoms with Gasteiger partial charge in [-0.2, -0.15) is 10.2 Å². The topological polar surface area (TPSA) is 89.7 Å². The number of piperidine rings is 1. The smallest absolute Gasteiger partial charge is 0.193 e. The van der Waals surface area contributed by atoms with Crippen LogP contribution in [0.3, 0.4) is 0 Å². The van der Waals surface area contributed by atoms with Gasteiger partial charge in [0.2, 0.25) is 0 Å². The van der Waals surface area contributed by atoms with Gasteiger partial charge in [0.25, 0.3) is 0 Å². The summed E-state index contributed by atoms with van der Waals surface area (Å²) in [6.45, 7) is 3.97. The highest BCUT2D eigenvalue weighted by Crippen LogP contribution is 2.34. The van der Waals surface area contributed by atoms with Gasteiger partial charge in [0, 0.05) is 43.9 Å². The van der Waals surface area contributed by atoms with Crippen LogP contribution in [0.25, 0.3) is 16.2 Å². The number of thiazole rings is 1. The highest BCUT2D eigenvalue weighted by atomic mass is 35.5. The Labute approximate surface area is 194 Å². The van der Waals surface area contributed by atoms with E-state index in [4.69, 9.17) is 16.6 Å². The molecule has 0 unspecified atom stereocenters. The molecule has 164 valence electrons. The summed E-state index contributed by atoms with van der Waals surface area (Å²) in [6.07, 6.45) is 10.7. The largest absolute Gasteiger partial charge is 0.369 e. The lowest BCUT2D eigenvalue weighted by Gasteiger charge is -2.30. The number of Topliss-reactive ketones (excluding diaryl/α,β-unsaturated/α-hetero) is 1. The number of carbonyl (C=O) groups excluding carboxylic acids is 1. The fraction of sp³-hybridized carbons (Fsp3) is 0.364. The number of fused-ring (bicyclic) bond motifs is 1. The van der Waals surface area contributed by atoms with Crippen molar-refractivity contribution in [2.24, 2.45) is 0 Å². The predicted octanol–water partition coefficient (Wildman–Crippen LogP) is 3.97. The van der Waals surface area contributed by atoms with E-state index in [-0.39, 0.29) is 12.2 Å². The van der Waals surface area contributed by atoms with Crippen molar-refractivity contribution in [3.8, 4) is 5.82 Å². The zero-order valence-corrected chi connectivity index (χ0v) is 19.2. The van der Waals surface area contributed by atoms with Gasteiger partial charge < -0.3 is 4.90 Å². The van der Waals surface area contributed by atoms with E-state index in [0.717, 1.165) is 58.1 Å². The Kier molecular flexibility index (Phi) is 5.84. The maximum Gasteiger partial charge on any atom is 0.193 e. The summed E-state index contributed by atoms with van der Waals surface area (Å²) in [5.41, 5.74) is 3.68. The fourth-order valence-electron chi connectivity index (χ4n) is 4.15. The van der Waals surface area contributed by atoms with Gasteiger partial charge in [-0.15, -0.1) is 4.80 Å². The van der Waals surface area contributed by atoms with Crippen LogP contribution in [-0.4, -0.2) is 48.8 Å². The molecule has 1 saturated heterocycles. The van der Waals surface area contributed by atoms with Crippen molar-refractivity contribution in [2.45, 2.75) is 39.0 Å². The Morgan fingerprint density at radius 3 is 2.62 bits per heavy atom. The molecule has 5 rings (SSSR count). The van der Waals surface area contributed by atoms with E-state index in [1.807, 2.05) is 13.1 Å². The van der Waals surface area contributed by atoms with Crippen LogP contribution in [0, 0.1) is 6.92 Å². The maximum atomic E-state index is 13.0. The summed E-state index contributed by atoms with van der Waals surface area (Å²) >= 11 is 7.95. The van der Waals surface area contributed by atoms with Gasteiger partial charge in [-0.25, -0.2) is 15.0 Å². The zero-order chi connectivity index (χ0) is 22.1. The minimum atomic E-state index is 0.0826. The molecule has 4 aromatic heterocycles. The third-order valence-electron chi connectivity index (χ3n) is 5.53.